The quantitative estimate of drug-likeness (QED) is 0.359. The number of benzene rings is 2. The van der Waals surface area contributed by atoms with Crippen LogP contribution in [0.25, 0.3) is 15.9 Å². The van der Waals surface area contributed by atoms with Crippen LogP contribution in [0.1, 0.15) is 5.56 Å². The lowest BCUT2D eigenvalue weighted by molar-refractivity contribution is 0.371. The number of halogens is 4. The van der Waals surface area contributed by atoms with Crippen molar-refractivity contribution >= 4 is 21.6 Å². The molecule has 0 N–H and O–H groups in total. The highest BCUT2D eigenvalue weighted by Crippen LogP contribution is 2.30. The van der Waals surface area contributed by atoms with Crippen LogP contribution in [-0.2, 0) is 0 Å². The molecular formula is C19H7F4N3O2S. The molecule has 0 aliphatic rings. The molecule has 0 atom stereocenters. The summed E-state index contributed by atoms with van der Waals surface area (Å²) in [5, 5.41) is 10.6. The first-order valence-electron chi connectivity index (χ1n) is 7.92. The van der Waals surface area contributed by atoms with Crippen molar-refractivity contribution in [2.45, 2.75) is 0 Å². The van der Waals surface area contributed by atoms with E-state index in [4.69, 9.17) is 4.74 Å². The van der Waals surface area contributed by atoms with Crippen molar-refractivity contribution < 1.29 is 22.3 Å². The van der Waals surface area contributed by atoms with E-state index in [0.717, 1.165) is 34.1 Å². The van der Waals surface area contributed by atoms with Crippen LogP contribution in [0.2, 0.25) is 0 Å². The number of nitrogens with zero attached hydrogens (tertiary/aromatic N) is 3. The molecule has 0 fully saturated rings. The SMILES string of the molecule is N#Cc1csc2c(=O)n(-c3ccc(F)cc3)c(Oc3ccc(F)c(F)c3F)nc12. The second-order valence-corrected chi connectivity index (χ2v) is 6.61. The fraction of sp³-hybridized carbons (Fsp3) is 0. The molecule has 2 aromatic carbocycles. The van der Waals surface area contributed by atoms with Gasteiger partial charge in [-0.3, -0.25) is 4.79 Å². The molecule has 29 heavy (non-hydrogen) atoms. The van der Waals surface area contributed by atoms with Crippen LogP contribution in [0.15, 0.2) is 46.6 Å². The maximum Gasteiger partial charge on any atom is 0.310 e. The largest absolute Gasteiger partial charge is 0.422 e. The lowest BCUT2D eigenvalue weighted by atomic mass is 10.3. The van der Waals surface area contributed by atoms with Gasteiger partial charge < -0.3 is 4.74 Å². The summed E-state index contributed by atoms with van der Waals surface area (Å²) in [5.41, 5.74) is -0.426. The fourth-order valence-electron chi connectivity index (χ4n) is 2.60. The van der Waals surface area contributed by atoms with Gasteiger partial charge in [-0.2, -0.15) is 14.6 Å². The molecule has 0 spiro atoms. The van der Waals surface area contributed by atoms with Crippen molar-refractivity contribution in [3.8, 4) is 23.5 Å². The van der Waals surface area contributed by atoms with Crippen LogP contribution in [-0.4, -0.2) is 9.55 Å². The summed E-state index contributed by atoms with van der Waals surface area (Å²) in [4.78, 5) is 17.1. The number of hydrogen-bond donors (Lipinski definition) is 0. The Kier molecular flexibility index (Phi) is 4.52. The van der Waals surface area contributed by atoms with Crippen molar-refractivity contribution in [2.24, 2.45) is 0 Å². The molecule has 4 aromatic rings. The predicted octanol–water partition coefficient (Wildman–Crippen LogP) is 4.67. The summed E-state index contributed by atoms with van der Waals surface area (Å²) >= 11 is 0.968. The molecule has 0 unspecified atom stereocenters. The van der Waals surface area contributed by atoms with Crippen LogP contribution in [0, 0.1) is 34.6 Å². The third-order valence-electron chi connectivity index (χ3n) is 3.97. The lowest BCUT2D eigenvalue weighted by Gasteiger charge is -2.13. The highest BCUT2D eigenvalue weighted by molar-refractivity contribution is 7.17. The van der Waals surface area contributed by atoms with Gasteiger partial charge >= 0.3 is 6.01 Å². The third-order valence-corrected chi connectivity index (χ3v) is 4.92. The Morgan fingerprint density at radius 3 is 2.45 bits per heavy atom. The maximum absolute atomic E-state index is 14.1. The van der Waals surface area contributed by atoms with Gasteiger partial charge in [0.1, 0.15) is 22.1 Å². The first kappa shape index (κ1) is 18.6. The number of nitriles is 1. The molecular weight excluding hydrogens is 410 g/mol. The normalized spacial score (nSPS) is 10.9. The first-order chi connectivity index (χ1) is 13.9. The van der Waals surface area contributed by atoms with Gasteiger partial charge in [-0.05, 0) is 36.4 Å². The van der Waals surface area contributed by atoms with E-state index in [-0.39, 0.29) is 21.5 Å². The van der Waals surface area contributed by atoms with Gasteiger partial charge in [0.05, 0.1) is 11.3 Å². The minimum absolute atomic E-state index is 0.0128. The van der Waals surface area contributed by atoms with Crippen LogP contribution < -0.4 is 10.3 Å². The molecule has 2 heterocycles. The summed E-state index contributed by atoms with van der Waals surface area (Å²) in [5.74, 6) is -6.07. The monoisotopic (exact) mass is 417 g/mol. The van der Waals surface area contributed by atoms with Gasteiger partial charge in [0, 0.05) is 5.38 Å². The van der Waals surface area contributed by atoms with Gasteiger partial charge in [0.25, 0.3) is 5.56 Å². The summed E-state index contributed by atoms with van der Waals surface area (Å²) in [7, 11) is 0. The molecule has 0 radical (unpaired) electrons. The third kappa shape index (κ3) is 3.11. The average Bonchev–Trinajstić information content (AvgIpc) is 3.13. The molecule has 0 amide bonds. The van der Waals surface area contributed by atoms with Crippen molar-refractivity contribution in [1.29, 1.82) is 5.26 Å². The Hall–Kier alpha value is -3.71. The van der Waals surface area contributed by atoms with Crippen LogP contribution in [0.4, 0.5) is 17.6 Å². The van der Waals surface area contributed by atoms with Gasteiger partial charge in [-0.15, -0.1) is 11.3 Å². The summed E-state index contributed by atoms with van der Waals surface area (Å²) in [6, 6.07) is 7.55. The molecule has 0 aliphatic heterocycles. The van der Waals surface area contributed by atoms with E-state index in [2.05, 4.69) is 4.98 Å². The second-order valence-electron chi connectivity index (χ2n) is 5.73. The van der Waals surface area contributed by atoms with Crippen molar-refractivity contribution in [3.63, 3.8) is 0 Å². The van der Waals surface area contributed by atoms with E-state index in [1.54, 1.807) is 0 Å². The molecule has 144 valence electrons. The highest BCUT2D eigenvalue weighted by atomic mass is 32.1. The number of thiophene rings is 1. The van der Waals surface area contributed by atoms with E-state index in [1.807, 2.05) is 6.07 Å². The van der Waals surface area contributed by atoms with Gasteiger partial charge in [0.15, 0.2) is 17.4 Å². The predicted molar refractivity (Wildman–Crippen MR) is 96.3 cm³/mol. The molecule has 0 bridgehead atoms. The summed E-state index contributed by atoms with van der Waals surface area (Å²) in [6.07, 6.45) is 0. The highest BCUT2D eigenvalue weighted by Gasteiger charge is 2.21. The Balaban J connectivity index is 1.99. The van der Waals surface area contributed by atoms with E-state index in [0.29, 0.717) is 6.07 Å². The van der Waals surface area contributed by atoms with Gasteiger partial charge in [-0.1, -0.05) is 0 Å². The maximum atomic E-state index is 14.1. The van der Waals surface area contributed by atoms with Crippen LogP contribution >= 0.6 is 11.3 Å². The van der Waals surface area contributed by atoms with E-state index in [9.17, 15) is 27.6 Å². The fourth-order valence-corrected chi connectivity index (χ4v) is 3.46. The number of rotatable bonds is 3. The molecule has 2 aromatic heterocycles. The Morgan fingerprint density at radius 1 is 1.03 bits per heavy atom. The van der Waals surface area contributed by atoms with E-state index >= 15 is 0 Å². The Labute approximate surface area is 163 Å². The van der Waals surface area contributed by atoms with Gasteiger partial charge in [0.2, 0.25) is 5.82 Å². The Bertz CT molecular complexity index is 1360. The molecule has 0 saturated carbocycles. The molecule has 0 saturated heterocycles. The number of ether oxygens (including phenoxy) is 1. The summed E-state index contributed by atoms with van der Waals surface area (Å²) < 4.78 is 60.5. The number of fused-ring (bicyclic) bond motifs is 1. The zero-order valence-electron chi connectivity index (χ0n) is 14.1. The topological polar surface area (TPSA) is 67.9 Å². The van der Waals surface area contributed by atoms with Crippen molar-refractivity contribution in [2.75, 3.05) is 0 Å². The molecule has 4 rings (SSSR count). The second kappa shape index (κ2) is 7.03. The minimum Gasteiger partial charge on any atom is -0.422 e. The molecule has 10 heteroatoms. The van der Waals surface area contributed by atoms with E-state index < -0.39 is 40.6 Å². The average molecular weight is 417 g/mol. The zero-order chi connectivity index (χ0) is 20.7. The first-order valence-corrected chi connectivity index (χ1v) is 8.80. The number of aromatic nitrogens is 2. The van der Waals surface area contributed by atoms with Crippen LogP contribution in [0.3, 0.4) is 0 Å². The van der Waals surface area contributed by atoms with Crippen molar-refractivity contribution in [3.05, 3.63) is 81.0 Å². The molecule has 5 nitrogen and oxygen atoms in total. The standard InChI is InChI=1S/C19H7F4N3O2S/c20-10-1-3-11(4-2-10)26-18(27)17-16(9(7-24)8-29-17)25-19(26)28-13-6-5-12(21)14(22)15(13)23/h1-6,8H. The summed E-state index contributed by atoms with van der Waals surface area (Å²) in [6.45, 7) is 0. The zero-order valence-corrected chi connectivity index (χ0v) is 14.9. The number of hydrogen-bond acceptors (Lipinski definition) is 5. The smallest absolute Gasteiger partial charge is 0.310 e. The minimum atomic E-state index is -1.76. The van der Waals surface area contributed by atoms with E-state index in [1.165, 1.54) is 17.5 Å². The molecule has 0 aliphatic carbocycles. The lowest BCUT2D eigenvalue weighted by Crippen LogP contribution is -2.21. The van der Waals surface area contributed by atoms with Gasteiger partial charge in [-0.25, -0.2) is 17.7 Å². The van der Waals surface area contributed by atoms with Crippen molar-refractivity contribution in [1.82, 2.24) is 9.55 Å². The van der Waals surface area contributed by atoms with Crippen LogP contribution in [0.5, 0.6) is 11.8 Å². The Morgan fingerprint density at radius 2 is 1.76 bits per heavy atom.